The highest BCUT2D eigenvalue weighted by Gasteiger charge is 2.15. The van der Waals surface area contributed by atoms with E-state index in [0.29, 0.717) is 13.0 Å². The standard InChI is InChI=1S/C16H20N2OS/c1-12(14-7-5-4-6-8-14)9-16(19)18(3)10-15-11-20-13(2)17-15/h4-8,11-12H,9-10H2,1-3H3. The van der Waals surface area contributed by atoms with Gasteiger partial charge in [-0.3, -0.25) is 4.79 Å². The van der Waals surface area contributed by atoms with E-state index in [9.17, 15) is 4.79 Å². The van der Waals surface area contributed by atoms with Gasteiger partial charge in [0.2, 0.25) is 5.91 Å². The molecular formula is C16H20N2OS. The first-order valence-electron chi connectivity index (χ1n) is 6.76. The van der Waals surface area contributed by atoms with E-state index in [2.05, 4.69) is 24.0 Å². The fourth-order valence-electron chi connectivity index (χ4n) is 2.13. The first kappa shape index (κ1) is 14.7. The van der Waals surface area contributed by atoms with Crippen molar-refractivity contribution >= 4 is 17.2 Å². The summed E-state index contributed by atoms with van der Waals surface area (Å²) >= 11 is 1.62. The van der Waals surface area contributed by atoms with Crippen LogP contribution in [-0.2, 0) is 11.3 Å². The van der Waals surface area contributed by atoms with Crippen molar-refractivity contribution < 1.29 is 4.79 Å². The zero-order chi connectivity index (χ0) is 14.5. The van der Waals surface area contributed by atoms with Gasteiger partial charge in [0, 0.05) is 18.8 Å². The summed E-state index contributed by atoms with van der Waals surface area (Å²) in [6, 6.07) is 10.2. The second-order valence-electron chi connectivity index (χ2n) is 5.12. The Morgan fingerprint density at radius 1 is 1.35 bits per heavy atom. The maximum absolute atomic E-state index is 12.2. The molecule has 20 heavy (non-hydrogen) atoms. The number of thiazole rings is 1. The normalized spacial score (nSPS) is 12.2. The predicted molar refractivity (Wildman–Crippen MR) is 82.8 cm³/mol. The summed E-state index contributed by atoms with van der Waals surface area (Å²) in [4.78, 5) is 18.4. The van der Waals surface area contributed by atoms with Gasteiger partial charge in [-0.25, -0.2) is 4.98 Å². The van der Waals surface area contributed by atoms with Crippen LogP contribution in [0.5, 0.6) is 0 Å². The minimum Gasteiger partial charge on any atom is -0.340 e. The minimum atomic E-state index is 0.159. The lowest BCUT2D eigenvalue weighted by Crippen LogP contribution is -2.27. The van der Waals surface area contributed by atoms with Crippen molar-refractivity contribution in [2.75, 3.05) is 7.05 Å². The van der Waals surface area contributed by atoms with Crippen LogP contribution >= 0.6 is 11.3 Å². The van der Waals surface area contributed by atoms with Crippen molar-refractivity contribution in [1.29, 1.82) is 0 Å². The van der Waals surface area contributed by atoms with Crippen LogP contribution in [0.3, 0.4) is 0 Å². The van der Waals surface area contributed by atoms with Crippen LogP contribution < -0.4 is 0 Å². The molecule has 2 rings (SSSR count). The van der Waals surface area contributed by atoms with Crippen LogP contribution in [0.2, 0.25) is 0 Å². The van der Waals surface area contributed by atoms with Crippen LogP contribution in [0, 0.1) is 6.92 Å². The molecule has 1 aromatic carbocycles. The van der Waals surface area contributed by atoms with Crippen LogP contribution in [0.4, 0.5) is 0 Å². The molecule has 0 saturated carbocycles. The summed E-state index contributed by atoms with van der Waals surface area (Å²) in [5, 5.41) is 3.05. The van der Waals surface area contributed by atoms with Crippen LogP contribution in [-0.4, -0.2) is 22.8 Å². The number of amides is 1. The average Bonchev–Trinajstić information content (AvgIpc) is 2.85. The molecule has 0 saturated heterocycles. The molecule has 1 heterocycles. The lowest BCUT2D eigenvalue weighted by atomic mass is 9.97. The molecule has 0 spiro atoms. The fraction of sp³-hybridized carbons (Fsp3) is 0.375. The van der Waals surface area contributed by atoms with E-state index in [-0.39, 0.29) is 11.8 Å². The summed E-state index contributed by atoms with van der Waals surface area (Å²) in [7, 11) is 1.84. The lowest BCUT2D eigenvalue weighted by molar-refractivity contribution is -0.130. The first-order chi connectivity index (χ1) is 9.56. The quantitative estimate of drug-likeness (QED) is 0.842. The number of hydrogen-bond donors (Lipinski definition) is 0. The van der Waals surface area contributed by atoms with Crippen molar-refractivity contribution in [2.24, 2.45) is 0 Å². The van der Waals surface area contributed by atoms with Crippen LogP contribution in [0.1, 0.15) is 35.5 Å². The molecule has 0 aliphatic carbocycles. The van der Waals surface area contributed by atoms with E-state index in [0.717, 1.165) is 10.7 Å². The Kier molecular flexibility index (Phi) is 4.90. The molecule has 1 unspecified atom stereocenters. The summed E-state index contributed by atoms with van der Waals surface area (Å²) in [6.07, 6.45) is 0.531. The molecule has 106 valence electrons. The Morgan fingerprint density at radius 3 is 2.65 bits per heavy atom. The topological polar surface area (TPSA) is 33.2 Å². The highest BCUT2D eigenvalue weighted by atomic mass is 32.1. The maximum Gasteiger partial charge on any atom is 0.223 e. The van der Waals surface area contributed by atoms with Crippen molar-refractivity contribution in [3.05, 3.63) is 52.0 Å². The summed E-state index contributed by atoms with van der Waals surface area (Å²) in [5.74, 6) is 0.398. The van der Waals surface area contributed by atoms with Crippen molar-refractivity contribution in [3.63, 3.8) is 0 Å². The number of carbonyl (C=O) groups excluding carboxylic acids is 1. The molecule has 1 aromatic heterocycles. The number of aryl methyl sites for hydroxylation is 1. The van der Waals surface area contributed by atoms with Gasteiger partial charge in [0.15, 0.2) is 0 Å². The van der Waals surface area contributed by atoms with Crippen molar-refractivity contribution in [1.82, 2.24) is 9.88 Å². The van der Waals surface area contributed by atoms with Gasteiger partial charge in [0.05, 0.1) is 17.2 Å². The Morgan fingerprint density at radius 2 is 2.05 bits per heavy atom. The second-order valence-corrected chi connectivity index (χ2v) is 6.19. The Hall–Kier alpha value is -1.68. The summed E-state index contributed by atoms with van der Waals surface area (Å²) in [6.45, 7) is 4.66. The van der Waals surface area contributed by atoms with E-state index in [1.807, 2.05) is 37.6 Å². The molecule has 4 heteroatoms. The predicted octanol–water partition coefficient (Wildman–Crippen LogP) is 3.60. The zero-order valence-electron chi connectivity index (χ0n) is 12.2. The third-order valence-electron chi connectivity index (χ3n) is 3.34. The smallest absolute Gasteiger partial charge is 0.223 e. The molecule has 1 amide bonds. The maximum atomic E-state index is 12.2. The number of aromatic nitrogens is 1. The summed E-state index contributed by atoms with van der Waals surface area (Å²) in [5.41, 5.74) is 2.18. The summed E-state index contributed by atoms with van der Waals surface area (Å²) < 4.78 is 0. The van der Waals surface area contributed by atoms with Gasteiger partial charge in [-0.2, -0.15) is 0 Å². The van der Waals surface area contributed by atoms with E-state index in [1.165, 1.54) is 5.56 Å². The number of benzene rings is 1. The molecule has 0 bridgehead atoms. The fourth-order valence-corrected chi connectivity index (χ4v) is 2.73. The van der Waals surface area contributed by atoms with Gasteiger partial charge < -0.3 is 4.90 Å². The van der Waals surface area contributed by atoms with Gasteiger partial charge in [-0.05, 0) is 18.4 Å². The minimum absolute atomic E-state index is 0.159. The third kappa shape index (κ3) is 3.90. The molecule has 3 nitrogen and oxygen atoms in total. The van der Waals surface area contributed by atoms with Gasteiger partial charge >= 0.3 is 0 Å². The van der Waals surface area contributed by atoms with Gasteiger partial charge in [-0.15, -0.1) is 11.3 Å². The van der Waals surface area contributed by atoms with Crippen molar-refractivity contribution in [2.45, 2.75) is 32.7 Å². The highest BCUT2D eigenvalue weighted by molar-refractivity contribution is 7.09. The third-order valence-corrected chi connectivity index (χ3v) is 4.16. The highest BCUT2D eigenvalue weighted by Crippen LogP contribution is 2.20. The molecule has 0 radical (unpaired) electrons. The van der Waals surface area contributed by atoms with Crippen LogP contribution in [0.25, 0.3) is 0 Å². The van der Waals surface area contributed by atoms with E-state index >= 15 is 0 Å². The molecule has 0 N–H and O–H groups in total. The number of rotatable bonds is 5. The molecule has 0 fully saturated rings. The molecule has 1 atom stereocenters. The van der Waals surface area contributed by atoms with Gasteiger partial charge in [0.25, 0.3) is 0 Å². The van der Waals surface area contributed by atoms with E-state index < -0.39 is 0 Å². The van der Waals surface area contributed by atoms with E-state index in [1.54, 1.807) is 16.2 Å². The number of nitrogens with zero attached hydrogens (tertiary/aromatic N) is 2. The first-order valence-corrected chi connectivity index (χ1v) is 7.64. The van der Waals surface area contributed by atoms with E-state index in [4.69, 9.17) is 0 Å². The molecule has 2 aromatic rings. The Balaban J connectivity index is 1.91. The Labute approximate surface area is 124 Å². The monoisotopic (exact) mass is 288 g/mol. The molecule has 0 aliphatic heterocycles. The average molecular weight is 288 g/mol. The molecule has 0 aliphatic rings. The van der Waals surface area contributed by atoms with Gasteiger partial charge in [-0.1, -0.05) is 37.3 Å². The zero-order valence-corrected chi connectivity index (χ0v) is 13.0. The van der Waals surface area contributed by atoms with Gasteiger partial charge in [0.1, 0.15) is 0 Å². The number of carbonyl (C=O) groups is 1. The second kappa shape index (κ2) is 6.66. The van der Waals surface area contributed by atoms with Crippen molar-refractivity contribution in [3.8, 4) is 0 Å². The van der Waals surface area contributed by atoms with Crippen LogP contribution in [0.15, 0.2) is 35.7 Å². The SMILES string of the molecule is Cc1nc(CN(C)C(=O)CC(C)c2ccccc2)cs1. The largest absolute Gasteiger partial charge is 0.340 e. The Bertz CT molecular complexity index is 565. The number of hydrogen-bond acceptors (Lipinski definition) is 3. The molecular weight excluding hydrogens is 268 g/mol. The lowest BCUT2D eigenvalue weighted by Gasteiger charge is -2.19.